The highest BCUT2D eigenvalue weighted by atomic mass is 127. The Hall–Kier alpha value is -1.97. The molecule has 9 nitrogen and oxygen atoms in total. The van der Waals surface area contributed by atoms with Gasteiger partial charge >= 0.3 is 10.3 Å². The number of nitrogens with zero attached hydrogens (tertiary/aromatic N) is 3. The van der Waals surface area contributed by atoms with Crippen LogP contribution in [-0.4, -0.2) is 52.7 Å². The Balaban J connectivity index is 1.51. The van der Waals surface area contributed by atoms with Crippen LogP contribution in [0.4, 0.5) is 4.39 Å². The first-order valence-corrected chi connectivity index (χ1v) is 13.9. The highest BCUT2D eigenvalue weighted by Gasteiger charge is 2.43. The second-order valence-electron chi connectivity index (χ2n) is 8.69. The number of carbonyl (C=O) groups is 1. The third-order valence-electron chi connectivity index (χ3n) is 6.15. The minimum Gasteiger partial charge on any atom is -0.390 e. The summed E-state index contributed by atoms with van der Waals surface area (Å²) in [6.45, 7) is 0.0472. The molecule has 1 saturated carbocycles. The molecule has 0 radical (unpaired) electrons. The van der Waals surface area contributed by atoms with Gasteiger partial charge in [-0.2, -0.15) is 8.42 Å². The van der Waals surface area contributed by atoms with Crippen molar-refractivity contribution in [3.8, 4) is 0 Å². The van der Waals surface area contributed by atoms with Crippen molar-refractivity contribution >= 4 is 50.3 Å². The first-order valence-electron chi connectivity index (χ1n) is 10.9. The monoisotopic (exact) mass is 648 g/mol. The molecule has 1 fully saturated rings. The van der Waals surface area contributed by atoms with E-state index in [0.29, 0.717) is 23.0 Å². The van der Waals surface area contributed by atoms with Gasteiger partial charge in [0.1, 0.15) is 17.7 Å². The van der Waals surface area contributed by atoms with Crippen molar-refractivity contribution in [1.29, 1.82) is 0 Å². The highest BCUT2D eigenvalue weighted by Crippen LogP contribution is 2.37. The van der Waals surface area contributed by atoms with Crippen molar-refractivity contribution in [3.05, 3.63) is 80.2 Å². The number of carbonyl (C=O) groups excluding carboxylic acids is 1. The molecule has 13 heteroatoms. The summed E-state index contributed by atoms with van der Waals surface area (Å²) in [6, 6.07) is 9.47. The van der Waals surface area contributed by atoms with Crippen LogP contribution in [0.3, 0.4) is 0 Å². The summed E-state index contributed by atoms with van der Waals surface area (Å²) in [4.78, 5) is 21.5. The zero-order valence-corrected chi connectivity index (χ0v) is 22.5. The average Bonchev–Trinajstić information content (AvgIpc) is 3.31. The van der Waals surface area contributed by atoms with Crippen LogP contribution in [0.2, 0.25) is 5.15 Å². The van der Waals surface area contributed by atoms with Crippen molar-refractivity contribution in [3.63, 3.8) is 0 Å². The van der Waals surface area contributed by atoms with E-state index in [0.717, 1.165) is 9.13 Å². The fourth-order valence-corrected chi connectivity index (χ4v) is 5.61. The molecule has 1 aliphatic rings. The average molecular weight is 649 g/mol. The number of hydrogen-bond donors (Lipinski definition) is 2. The van der Waals surface area contributed by atoms with Gasteiger partial charge in [-0.15, -0.1) is 0 Å². The summed E-state index contributed by atoms with van der Waals surface area (Å²) < 4.78 is 44.3. The zero-order valence-electron chi connectivity index (χ0n) is 18.8. The summed E-state index contributed by atoms with van der Waals surface area (Å²) in [5.41, 5.74) is 1.89. The van der Waals surface area contributed by atoms with Crippen molar-refractivity contribution in [2.45, 2.75) is 31.7 Å². The highest BCUT2D eigenvalue weighted by molar-refractivity contribution is 14.1. The second-order valence-corrected chi connectivity index (χ2v) is 11.5. The number of benzene rings is 1. The van der Waals surface area contributed by atoms with E-state index in [9.17, 15) is 22.7 Å². The van der Waals surface area contributed by atoms with Gasteiger partial charge in [-0.1, -0.05) is 23.7 Å². The molecule has 3 N–H and O–H groups in total. The molecule has 0 amide bonds. The standard InChI is InChI=1S/C23H23ClFIN4O5S/c24-20-7-15(10-30(20)9-13-2-1-3-17(26)4-13)22(31)18-8-28-12-29-19(18)6-14-5-16(23(32)21(14)25)11-35-36(27,33)34/h1-4,7-8,10,12,14,16,21,23,32H,5-6,9,11H2,(H2,27,33,34)/t14-,16+,21+,23+/m0/s1. The van der Waals surface area contributed by atoms with Crippen LogP contribution in [0.25, 0.3) is 0 Å². The number of halogens is 3. The van der Waals surface area contributed by atoms with Gasteiger partial charge in [-0.3, -0.25) is 8.98 Å². The second kappa shape index (κ2) is 11.2. The molecule has 4 atom stereocenters. The summed E-state index contributed by atoms with van der Waals surface area (Å²) >= 11 is 8.62. The molecule has 2 heterocycles. The number of nitrogens with two attached hydrogens (primary N) is 1. The molecule has 4 rings (SSSR count). The first-order chi connectivity index (χ1) is 17.0. The minimum absolute atomic E-state index is 0.0462. The summed E-state index contributed by atoms with van der Waals surface area (Å²) in [5.74, 6) is -1.83. The Morgan fingerprint density at radius 2 is 2.11 bits per heavy atom. The number of aliphatic hydroxyl groups excluding tert-OH is 1. The lowest BCUT2D eigenvalue weighted by Crippen LogP contribution is -2.29. The van der Waals surface area contributed by atoms with Gasteiger partial charge < -0.3 is 9.67 Å². The quantitative estimate of drug-likeness (QED) is 0.269. The van der Waals surface area contributed by atoms with Crippen molar-refractivity contribution in [1.82, 2.24) is 14.5 Å². The molecule has 3 aromatic rings. The molecule has 2 aromatic heterocycles. The molecular weight excluding hydrogens is 626 g/mol. The van der Waals surface area contributed by atoms with Gasteiger partial charge in [-0.05, 0) is 65.1 Å². The summed E-state index contributed by atoms with van der Waals surface area (Å²) in [5, 5.41) is 15.4. The number of alkyl halides is 1. The van der Waals surface area contributed by atoms with Gasteiger partial charge in [0.15, 0.2) is 5.78 Å². The lowest BCUT2D eigenvalue weighted by molar-refractivity contribution is 0.0438. The molecule has 0 bridgehead atoms. The fourth-order valence-electron chi connectivity index (χ4n) is 4.41. The van der Waals surface area contributed by atoms with Gasteiger partial charge in [0.25, 0.3) is 0 Å². The maximum atomic E-state index is 14.8. The normalized spacial score (nSPS) is 22.1. The van der Waals surface area contributed by atoms with E-state index >= 15 is 0 Å². The third-order valence-corrected chi connectivity index (χ3v) is 7.62. The van der Waals surface area contributed by atoms with Crippen LogP contribution >= 0.6 is 34.2 Å². The van der Waals surface area contributed by atoms with Gasteiger partial charge in [0, 0.05) is 34.0 Å². The number of aliphatic hydroxyl groups is 1. The van der Waals surface area contributed by atoms with Crippen molar-refractivity contribution in [2.75, 3.05) is 6.61 Å². The fraction of sp³-hybridized carbons (Fsp3) is 0.348. The smallest absolute Gasteiger partial charge is 0.333 e. The van der Waals surface area contributed by atoms with Crippen molar-refractivity contribution in [2.24, 2.45) is 17.0 Å². The molecule has 0 saturated heterocycles. The molecule has 0 aliphatic heterocycles. The third kappa shape index (κ3) is 6.47. The van der Waals surface area contributed by atoms with Crippen LogP contribution in [0.15, 0.2) is 49.1 Å². The minimum atomic E-state index is -4.21. The molecule has 192 valence electrons. The van der Waals surface area contributed by atoms with Crippen molar-refractivity contribution < 1.29 is 26.9 Å². The molecule has 1 aliphatic carbocycles. The molecular formula is C23H23ClFIN4O5S. The van der Waals surface area contributed by atoms with Crippen LogP contribution < -0.4 is 5.14 Å². The Bertz CT molecular complexity index is 1370. The predicted octanol–water partition coefficient (Wildman–Crippen LogP) is 2.91. The van der Waals surface area contributed by atoms with E-state index in [1.165, 1.54) is 12.5 Å². The molecule has 36 heavy (non-hydrogen) atoms. The van der Waals surface area contributed by atoms with E-state index in [1.807, 2.05) is 24.3 Å². The number of rotatable bonds is 9. The summed E-state index contributed by atoms with van der Waals surface area (Å²) in [6.07, 6.45) is 1.39. The molecule has 1 aromatic carbocycles. The molecule has 0 unspecified atom stereocenters. The topological polar surface area (TPSA) is 137 Å². The Morgan fingerprint density at radius 1 is 1.33 bits per heavy atom. The van der Waals surface area contributed by atoms with Gasteiger partial charge in [-0.25, -0.2) is 19.5 Å². The van der Waals surface area contributed by atoms with Crippen LogP contribution in [0.5, 0.6) is 0 Å². The van der Waals surface area contributed by atoms with E-state index in [4.69, 9.17) is 16.7 Å². The Labute approximate surface area is 226 Å². The maximum absolute atomic E-state index is 14.8. The Kier molecular flexibility index (Phi) is 8.42. The maximum Gasteiger partial charge on any atom is 0.333 e. The number of ketones is 1. The van der Waals surface area contributed by atoms with E-state index in [1.54, 1.807) is 16.8 Å². The van der Waals surface area contributed by atoms with E-state index < -0.39 is 41.0 Å². The number of aromatic nitrogens is 3. The van der Waals surface area contributed by atoms with Crippen LogP contribution in [0.1, 0.15) is 33.6 Å². The van der Waals surface area contributed by atoms with E-state index in [2.05, 4.69) is 36.7 Å². The largest absolute Gasteiger partial charge is 0.390 e. The van der Waals surface area contributed by atoms with Gasteiger partial charge in [0.05, 0.1) is 24.0 Å². The lowest BCUT2D eigenvalue weighted by Gasteiger charge is -2.15. The number of hydrogen-bond acceptors (Lipinski definition) is 7. The lowest BCUT2D eigenvalue weighted by atomic mass is 9.95. The Morgan fingerprint density at radius 3 is 2.83 bits per heavy atom. The van der Waals surface area contributed by atoms with Crippen LogP contribution in [0, 0.1) is 15.4 Å². The summed E-state index contributed by atoms with van der Waals surface area (Å²) in [7, 11) is -4.21. The van der Waals surface area contributed by atoms with E-state index in [-0.39, 0.29) is 24.2 Å². The van der Waals surface area contributed by atoms with Gasteiger partial charge in [0.2, 0.25) is 0 Å². The first kappa shape index (κ1) is 27.1. The zero-order chi connectivity index (χ0) is 26.0. The molecule has 0 spiro atoms. The SMILES string of the molecule is NS(=O)(=O)OC[C@H]1C[C@@H](Cc2ncncc2C(=O)c2cc(Cl)n(Cc3cccc(I)c3)c2)[C@@H](F)[C@@H]1O. The predicted molar refractivity (Wildman–Crippen MR) is 138 cm³/mol. The van der Waals surface area contributed by atoms with Crippen LogP contribution in [-0.2, 0) is 27.5 Å².